The first-order valence-electron chi connectivity index (χ1n) is 5.16. The Morgan fingerprint density at radius 3 is 2.65 bits per heavy atom. The van der Waals surface area contributed by atoms with E-state index in [1.807, 2.05) is 6.07 Å². The number of rotatable bonds is 3. The average Bonchev–Trinajstić information content (AvgIpc) is 2.47. The van der Waals surface area contributed by atoms with Gasteiger partial charge in [0, 0.05) is 16.8 Å². The molecule has 110 valence electrons. The van der Waals surface area contributed by atoms with E-state index < -0.39 is 0 Å². The Morgan fingerprint density at radius 2 is 2.00 bits per heavy atom. The monoisotopic (exact) mass is 379 g/mol. The first kappa shape index (κ1) is 17.1. The van der Waals surface area contributed by atoms with Crippen molar-refractivity contribution in [3.63, 3.8) is 0 Å². The number of pyridine rings is 1. The van der Waals surface area contributed by atoms with E-state index in [4.69, 9.17) is 23.2 Å². The number of benzene rings is 1. The average molecular weight is 381 g/mol. The molecule has 2 rings (SSSR count). The summed E-state index contributed by atoms with van der Waals surface area (Å²) in [4.78, 5) is 4.03. The molecule has 8 heteroatoms. The van der Waals surface area contributed by atoms with E-state index in [-0.39, 0.29) is 10.8 Å². The van der Waals surface area contributed by atoms with Gasteiger partial charge in [0.1, 0.15) is 11.6 Å². The second kappa shape index (κ2) is 9.06. The van der Waals surface area contributed by atoms with Gasteiger partial charge in [-0.15, -0.1) is 0 Å². The van der Waals surface area contributed by atoms with Crippen LogP contribution in [0.3, 0.4) is 0 Å². The maximum absolute atomic E-state index is 9.69. The minimum absolute atomic E-state index is 0.0624. The van der Waals surface area contributed by atoms with E-state index in [9.17, 15) is 5.11 Å². The van der Waals surface area contributed by atoms with Gasteiger partial charge in [-0.3, -0.25) is 5.43 Å². The molecule has 0 aliphatic carbocycles. The van der Waals surface area contributed by atoms with Gasteiger partial charge in [-0.1, -0.05) is 29.3 Å². The molecule has 4 nitrogen and oxygen atoms in total. The molecule has 1 aromatic carbocycles. The maximum atomic E-state index is 9.69. The predicted octanol–water partition coefficient (Wildman–Crippen LogP) is 4.23. The Bertz CT molecular complexity index is 582. The molecule has 2 aromatic rings. The fourth-order valence-corrected chi connectivity index (χ4v) is 1.79. The fraction of sp³-hybridized carbons (Fsp3) is 0. The molecule has 0 spiro atoms. The molecule has 1 aromatic heterocycles. The molecule has 2 N–H and O–H groups in total. The summed E-state index contributed by atoms with van der Waals surface area (Å²) >= 11 is 15.3. The van der Waals surface area contributed by atoms with Gasteiger partial charge in [-0.25, -0.2) is 4.98 Å². The van der Waals surface area contributed by atoms with Crippen LogP contribution in [0.25, 0.3) is 0 Å². The van der Waals surface area contributed by atoms with Crippen molar-refractivity contribution < 1.29 is 20.2 Å². The van der Waals surface area contributed by atoms with Crippen molar-refractivity contribution in [2.24, 2.45) is 5.10 Å². The number of hydrogen-bond acceptors (Lipinski definition) is 4. The second-order valence-corrected chi connectivity index (χ2v) is 4.25. The van der Waals surface area contributed by atoms with Gasteiger partial charge < -0.3 is 5.11 Å². The normalized spacial score (nSPS) is 10.1. The third-order valence-corrected chi connectivity index (χ3v) is 2.61. The van der Waals surface area contributed by atoms with Gasteiger partial charge in [0.05, 0.1) is 11.2 Å². The van der Waals surface area contributed by atoms with Gasteiger partial charge in [0.25, 0.3) is 0 Å². The zero-order chi connectivity index (χ0) is 15.0. The van der Waals surface area contributed by atoms with E-state index in [1.165, 1.54) is 12.3 Å². The predicted molar refractivity (Wildman–Crippen MR) is 79.4 cm³/mol. The summed E-state index contributed by atoms with van der Waals surface area (Å²) in [5, 5.41) is 14.2. The van der Waals surface area contributed by atoms with Crippen LogP contribution in [0.4, 0.5) is 5.82 Å². The van der Waals surface area contributed by atoms with Gasteiger partial charge in [-0.05, 0) is 24.3 Å². The van der Waals surface area contributed by atoms with E-state index in [2.05, 4.69) is 40.7 Å². The third-order valence-electron chi connectivity index (χ3n) is 2.11. The molecule has 20 heavy (non-hydrogen) atoms. The van der Waals surface area contributed by atoms with Crippen molar-refractivity contribution in [2.45, 2.75) is 0 Å². The second-order valence-electron chi connectivity index (χ2n) is 3.41. The number of phenols is 1. The summed E-state index contributed by atoms with van der Waals surface area (Å²) in [5.41, 5.74) is 3.15. The third kappa shape index (κ3) is 5.19. The summed E-state index contributed by atoms with van der Waals surface area (Å²) in [6.45, 7) is 0. The van der Waals surface area contributed by atoms with Crippen molar-refractivity contribution in [1.82, 2.24) is 4.98 Å². The topological polar surface area (TPSA) is 57.5 Å². The van der Waals surface area contributed by atoms with E-state index in [1.54, 1.807) is 24.4 Å². The van der Waals surface area contributed by atoms with Gasteiger partial charge in [-0.2, -0.15) is 5.10 Å². The number of halogens is 3. The van der Waals surface area contributed by atoms with Crippen LogP contribution < -0.4 is 5.43 Å². The first-order valence-corrected chi connectivity index (χ1v) is 7.21. The van der Waals surface area contributed by atoms with Crippen LogP contribution in [-0.4, -0.2) is 16.3 Å². The van der Waals surface area contributed by atoms with Crippen molar-refractivity contribution in [2.75, 3.05) is 5.43 Å². The van der Waals surface area contributed by atoms with Crippen molar-refractivity contribution in [3.05, 3.63) is 52.1 Å². The Morgan fingerprint density at radius 1 is 1.25 bits per heavy atom. The number of phenolic OH excluding ortho intramolecular Hbond substituents is 1. The Kier molecular flexibility index (Phi) is 7.73. The van der Waals surface area contributed by atoms with Crippen molar-refractivity contribution in [1.29, 1.82) is 0 Å². The van der Waals surface area contributed by atoms with Crippen LogP contribution in [0.2, 0.25) is 10.0 Å². The number of hydrogen-bond donors (Lipinski definition) is 2. The Balaban J connectivity index is 0.000000956. The van der Waals surface area contributed by atoms with Crippen molar-refractivity contribution >= 4 is 45.3 Å². The first-order chi connectivity index (χ1) is 9.66. The summed E-state index contributed by atoms with van der Waals surface area (Å²) in [5.74, 6) is 0.536. The molecule has 0 atom stereocenters. The Hall–Kier alpha value is -0.971. The zero-order valence-corrected chi connectivity index (χ0v) is 13.0. The van der Waals surface area contributed by atoms with E-state index in [0.29, 0.717) is 16.4 Å². The molecular formula is C12H9Cl3CuN3O. The summed E-state index contributed by atoms with van der Waals surface area (Å²) in [6.07, 6.45) is 3.06. The standard InChI is InChI=1S/C12H9Cl2N3O.ClH.Cu/c13-9-5-8(12(18)10(14)6-9)7-16-17-11-3-1-2-4-15-11;;/h1-7,18H,(H,15,17);1H;/q;;+1/p-1/b16-7+;;. The summed E-state index contributed by atoms with van der Waals surface area (Å²) < 4.78 is 0. The zero-order valence-electron chi connectivity index (χ0n) is 9.82. The number of nitrogens with zero attached hydrogens (tertiary/aromatic N) is 2. The molecule has 1 heterocycles. The molecule has 0 radical (unpaired) electrons. The summed E-state index contributed by atoms with van der Waals surface area (Å²) in [6, 6.07) is 8.42. The number of anilines is 1. The molecule has 0 saturated heterocycles. The van der Waals surface area contributed by atoms with Crippen LogP contribution in [0.15, 0.2) is 41.6 Å². The molecule has 0 saturated carbocycles. The molecule has 0 amide bonds. The van der Waals surface area contributed by atoms with Gasteiger partial charge >= 0.3 is 25.2 Å². The van der Waals surface area contributed by atoms with E-state index in [0.717, 1.165) is 0 Å². The Labute approximate surface area is 138 Å². The van der Waals surface area contributed by atoms with Crippen LogP contribution in [0.5, 0.6) is 5.75 Å². The number of aromatic hydroxyl groups is 1. The number of aromatic nitrogens is 1. The van der Waals surface area contributed by atoms with Gasteiger partial charge in [0.2, 0.25) is 0 Å². The SMILES string of the molecule is Oc1c(Cl)cc(Cl)cc1/C=N/Nc1ccccn1.[Cl][Cu]. The van der Waals surface area contributed by atoms with Crippen LogP contribution in [0, 0.1) is 0 Å². The quantitative estimate of drug-likeness (QED) is 0.476. The molecule has 0 fully saturated rings. The fourth-order valence-electron chi connectivity index (χ4n) is 1.28. The summed E-state index contributed by atoms with van der Waals surface area (Å²) in [7, 11) is 4.20. The van der Waals surface area contributed by atoms with Gasteiger partial charge in [0.15, 0.2) is 0 Å². The molecular weight excluding hydrogens is 372 g/mol. The minimum atomic E-state index is -0.0624. The van der Waals surface area contributed by atoms with Crippen LogP contribution in [-0.2, 0) is 15.1 Å². The molecule has 0 aliphatic rings. The molecule has 0 aliphatic heterocycles. The van der Waals surface area contributed by atoms with Crippen LogP contribution in [0.1, 0.15) is 5.56 Å². The molecule has 0 unspecified atom stereocenters. The van der Waals surface area contributed by atoms with Crippen molar-refractivity contribution in [3.8, 4) is 5.75 Å². The number of hydrazone groups is 1. The molecule has 0 bridgehead atoms. The van der Waals surface area contributed by atoms with Crippen LogP contribution >= 0.6 is 33.3 Å². The van der Waals surface area contributed by atoms with E-state index >= 15 is 0 Å². The number of nitrogens with one attached hydrogen (secondary N) is 1.